The Morgan fingerprint density at radius 3 is 1.52 bits per heavy atom. The second kappa shape index (κ2) is 11.1. The summed E-state index contributed by atoms with van der Waals surface area (Å²) < 4.78 is 58.3. The van der Waals surface area contributed by atoms with Gasteiger partial charge in [0.2, 0.25) is 0 Å². The van der Waals surface area contributed by atoms with E-state index in [1.165, 1.54) is 0 Å². The second-order valence-electron chi connectivity index (χ2n) is 6.81. The van der Waals surface area contributed by atoms with Crippen LogP contribution in [0.3, 0.4) is 0 Å². The van der Waals surface area contributed by atoms with E-state index in [2.05, 4.69) is 4.74 Å². The molecule has 0 aromatic heterocycles. The molecule has 0 amide bonds. The van der Waals surface area contributed by atoms with E-state index in [0.717, 1.165) is 55.7 Å². The zero-order valence-electron chi connectivity index (χ0n) is 17.1. The first-order valence-electron chi connectivity index (χ1n) is 9.40. The van der Waals surface area contributed by atoms with Crippen molar-refractivity contribution in [2.45, 2.75) is 12.8 Å². The van der Waals surface area contributed by atoms with Gasteiger partial charge >= 0.3 is 5.97 Å². The van der Waals surface area contributed by atoms with Crippen LogP contribution < -0.4 is 0 Å². The molecule has 0 aliphatic carbocycles. The van der Waals surface area contributed by atoms with E-state index in [4.69, 9.17) is 10.2 Å². The summed E-state index contributed by atoms with van der Waals surface area (Å²) in [5.41, 5.74) is -0.221. The van der Waals surface area contributed by atoms with Crippen molar-refractivity contribution < 1.29 is 46.9 Å². The van der Waals surface area contributed by atoms with Crippen LogP contribution in [0.25, 0.3) is 12.2 Å². The lowest BCUT2D eigenvalue weighted by Gasteiger charge is -2.10. The van der Waals surface area contributed by atoms with Crippen LogP contribution in [-0.4, -0.2) is 34.9 Å². The first-order valence-corrected chi connectivity index (χ1v) is 9.40. The molecular formula is C23H18F4O6. The maximum absolute atomic E-state index is 13.5. The summed E-state index contributed by atoms with van der Waals surface area (Å²) >= 11 is 0. The Bertz CT molecular complexity index is 1010. The van der Waals surface area contributed by atoms with Gasteiger partial charge in [-0.05, 0) is 54.0 Å². The van der Waals surface area contributed by atoms with E-state index in [9.17, 15) is 31.9 Å². The van der Waals surface area contributed by atoms with Crippen molar-refractivity contribution in [1.29, 1.82) is 0 Å². The van der Waals surface area contributed by atoms with Crippen molar-refractivity contribution in [3.05, 3.63) is 70.8 Å². The number of methoxy groups -OCH3 is 1. The molecule has 0 saturated heterocycles. The first-order chi connectivity index (χ1) is 15.5. The van der Waals surface area contributed by atoms with Crippen LogP contribution in [0.5, 0.6) is 11.5 Å². The number of hydrogen-bond acceptors (Lipinski definition) is 6. The predicted molar refractivity (Wildman–Crippen MR) is 109 cm³/mol. The number of aromatic hydroxyl groups is 2. The maximum Gasteiger partial charge on any atom is 0.305 e. The summed E-state index contributed by atoms with van der Waals surface area (Å²) in [6, 6.07) is 3.06. The standard InChI is InChI=1S/C23H18F4O6/c1-33-21(30)7-4-14(19(28)5-2-12-8-15(24)22(31)16(25)9-12)20(29)6-3-13-10-17(26)23(32)18(27)11-13/h2-3,5-6,8-11,14,31-32H,4,7H2,1H3/b5-2+,6-3+. The van der Waals surface area contributed by atoms with Crippen molar-refractivity contribution in [3.8, 4) is 11.5 Å². The largest absolute Gasteiger partial charge is 0.503 e. The van der Waals surface area contributed by atoms with Crippen LogP contribution in [0, 0.1) is 29.2 Å². The molecule has 0 radical (unpaired) electrons. The van der Waals surface area contributed by atoms with Gasteiger partial charge in [-0.3, -0.25) is 14.4 Å². The summed E-state index contributed by atoms with van der Waals surface area (Å²) in [7, 11) is 1.11. The van der Waals surface area contributed by atoms with E-state index < -0.39 is 58.2 Å². The molecule has 0 saturated carbocycles. The average Bonchev–Trinajstić information content (AvgIpc) is 2.77. The maximum atomic E-state index is 13.5. The number of phenolic OH excluding ortho intramolecular Hbond substituents is 2. The normalized spacial score (nSPS) is 11.5. The molecule has 174 valence electrons. The number of hydrogen-bond donors (Lipinski definition) is 2. The molecule has 0 spiro atoms. The molecular weight excluding hydrogens is 448 g/mol. The van der Waals surface area contributed by atoms with Gasteiger partial charge in [0.15, 0.2) is 46.3 Å². The molecule has 0 heterocycles. The highest BCUT2D eigenvalue weighted by Gasteiger charge is 2.24. The van der Waals surface area contributed by atoms with Crippen molar-refractivity contribution in [2.24, 2.45) is 5.92 Å². The summed E-state index contributed by atoms with van der Waals surface area (Å²) in [5, 5.41) is 18.2. The molecule has 0 aliphatic rings. The molecule has 10 heteroatoms. The Labute approximate surface area is 185 Å². The fraction of sp³-hybridized carbons (Fsp3) is 0.174. The molecule has 0 aliphatic heterocycles. The lowest BCUT2D eigenvalue weighted by Crippen LogP contribution is -2.22. The van der Waals surface area contributed by atoms with Crippen LogP contribution >= 0.6 is 0 Å². The monoisotopic (exact) mass is 466 g/mol. The van der Waals surface area contributed by atoms with Crippen LogP contribution in [-0.2, 0) is 19.1 Å². The van der Waals surface area contributed by atoms with Gasteiger partial charge in [-0.2, -0.15) is 0 Å². The minimum atomic E-state index is -1.41. The van der Waals surface area contributed by atoms with Crippen molar-refractivity contribution in [3.63, 3.8) is 0 Å². The molecule has 33 heavy (non-hydrogen) atoms. The van der Waals surface area contributed by atoms with E-state index in [1.54, 1.807) is 0 Å². The number of rotatable bonds is 9. The highest BCUT2D eigenvalue weighted by atomic mass is 19.1. The molecule has 2 aromatic carbocycles. The molecule has 0 atom stereocenters. The number of benzene rings is 2. The van der Waals surface area contributed by atoms with E-state index >= 15 is 0 Å². The fourth-order valence-corrected chi connectivity index (χ4v) is 2.74. The summed E-state index contributed by atoms with van der Waals surface area (Å²) in [4.78, 5) is 36.6. The van der Waals surface area contributed by atoms with Crippen LogP contribution in [0.2, 0.25) is 0 Å². The first kappa shape index (κ1) is 25.3. The molecule has 2 aromatic rings. The van der Waals surface area contributed by atoms with Crippen LogP contribution in [0.4, 0.5) is 17.6 Å². The van der Waals surface area contributed by atoms with E-state index in [0.29, 0.717) is 0 Å². The topological polar surface area (TPSA) is 101 Å². The van der Waals surface area contributed by atoms with Crippen LogP contribution in [0.15, 0.2) is 36.4 Å². The zero-order valence-corrected chi connectivity index (χ0v) is 17.1. The Morgan fingerprint density at radius 2 is 1.18 bits per heavy atom. The third kappa shape index (κ3) is 6.76. The molecule has 0 unspecified atom stereocenters. The number of carbonyl (C=O) groups is 3. The number of phenols is 2. The number of halogens is 4. The quantitative estimate of drug-likeness (QED) is 0.250. The van der Waals surface area contributed by atoms with Gasteiger partial charge in [0.1, 0.15) is 0 Å². The number of carbonyl (C=O) groups excluding carboxylic acids is 3. The predicted octanol–water partition coefficient (Wildman–Crippen LogP) is 4.09. The van der Waals surface area contributed by atoms with E-state index in [-0.39, 0.29) is 24.0 Å². The lowest BCUT2D eigenvalue weighted by atomic mass is 9.92. The third-order valence-corrected chi connectivity index (χ3v) is 4.51. The molecule has 0 fully saturated rings. The second-order valence-corrected chi connectivity index (χ2v) is 6.81. The minimum absolute atomic E-state index is 0.110. The van der Waals surface area contributed by atoms with Gasteiger partial charge in [-0.15, -0.1) is 0 Å². The Morgan fingerprint density at radius 1 is 0.818 bits per heavy atom. The number of esters is 1. The smallest absolute Gasteiger partial charge is 0.305 e. The third-order valence-electron chi connectivity index (χ3n) is 4.51. The Balaban J connectivity index is 2.26. The van der Waals surface area contributed by atoms with E-state index in [1.807, 2.05) is 0 Å². The number of ether oxygens (including phenoxy) is 1. The van der Waals surface area contributed by atoms with Gasteiger partial charge in [0.25, 0.3) is 0 Å². The SMILES string of the molecule is COC(=O)CCC(C(=O)/C=C/c1cc(F)c(O)c(F)c1)C(=O)/C=C/c1cc(F)c(O)c(F)c1. The zero-order chi connectivity index (χ0) is 24.7. The minimum Gasteiger partial charge on any atom is -0.503 e. The number of allylic oxidation sites excluding steroid dienone is 2. The molecule has 6 nitrogen and oxygen atoms in total. The molecule has 2 rings (SSSR count). The van der Waals surface area contributed by atoms with Gasteiger partial charge in [-0.1, -0.05) is 12.2 Å². The van der Waals surface area contributed by atoms with Gasteiger partial charge in [0.05, 0.1) is 13.0 Å². The fourth-order valence-electron chi connectivity index (χ4n) is 2.74. The molecule has 2 N–H and O–H groups in total. The summed E-state index contributed by atoms with van der Waals surface area (Å²) in [6.07, 6.45) is 3.21. The van der Waals surface area contributed by atoms with Crippen molar-refractivity contribution in [1.82, 2.24) is 0 Å². The highest BCUT2D eigenvalue weighted by Crippen LogP contribution is 2.24. The van der Waals surface area contributed by atoms with Crippen molar-refractivity contribution >= 4 is 29.7 Å². The van der Waals surface area contributed by atoms with Crippen molar-refractivity contribution in [2.75, 3.05) is 7.11 Å². The Kier molecular flexibility index (Phi) is 8.49. The summed E-state index contributed by atoms with van der Waals surface area (Å²) in [6.45, 7) is 0. The van der Waals surface area contributed by atoms with Gasteiger partial charge in [0, 0.05) is 6.42 Å². The summed E-state index contributed by atoms with van der Waals surface area (Å²) in [5.74, 6) is -11.1. The van der Waals surface area contributed by atoms with Gasteiger partial charge < -0.3 is 14.9 Å². The Hall–Kier alpha value is -3.95. The number of ketones is 2. The lowest BCUT2D eigenvalue weighted by molar-refractivity contribution is -0.141. The highest BCUT2D eigenvalue weighted by molar-refractivity contribution is 6.13. The van der Waals surface area contributed by atoms with Crippen LogP contribution in [0.1, 0.15) is 24.0 Å². The average molecular weight is 466 g/mol. The van der Waals surface area contributed by atoms with Gasteiger partial charge in [-0.25, -0.2) is 17.6 Å². The molecule has 0 bridgehead atoms.